The topological polar surface area (TPSA) is 9.23 Å². The molecule has 2 heteroatoms. The quantitative estimate of drug-likeness (QED) is 0.723. The Balaban J connectivity index is 2.47. The molecule has 13 heavy (non-hydrogen) atoms. The van der Waals surface area contributed by atoms with E-state index in [1.165, 1.54) is 36.0 Å². The summed E-state index contributed by atoms with van der Waals surface area (Å²) < 4.78 is 5.33. The number of fused-ring (bicyclic) bond motifs is 1. The summed E-state index contributed by atoms with van der Waals surface area (Å²) in [4.78, 5) is 0. The Morgan fingerprint density at radius 1 is 1.31 bits per heavy atom. The highest BCUT2D eigenvalue weighted by Gasteiger charge is 2.14. The monoisotopic (exact) mass is 240 g/mol. The van der Waals surface area contributed by atoms with Crippen LogP contribution >= 0.6 is 15.9 Å². The fourth-order valence-corrected chi connectivity index (χ4v) is 2.39. The highest BCUT2D eigenvalue weighted by molar-refractivity contribution is 9.08. The van der Waals surface area contributed by atoms with Crippen molar-refractivity contribution >= 4 is 15.9 Å². The molecular weight excluding hydrogens is 228 g/mol. The third-order valence-electron chi connectivity index (χ3n) is 2.64. The predicted molar refractivity (Wildman–Crippen MR) is 57.7 cm³/mol. The number of ether oxygens (including phenoxy) is 1. The molecule has 1 aromatic rings. The first kappa shape index (κ1) is 9.07. The van der Waals surface area contributed by atoms with Crippen LogP contribution in [0.1, 0.15) is 23.1 Å². The van der Waals surface area contributed by atoms with Gasteiger partial charge in [-0.3, -0.25) is 0 Å². The van der Waals surface area contributed by atoms with Gasteiger partial charge < -0.3 is 4.74 Å². The van der Waals surface area contributed by atoms with E-state index in [4.69, 9.17) is 4.74 Å². The minimum atomic E-state index is 0.878. The van der Waals surface area contributed by atoms with E-state index in [0.29, 0.717) is 0 Å². The molecule has 1 aliphatic rings. The zero-order valence-electron chi connectivity index (χ0n) is 7.77. The Bertz CT molecular complexity index is 289. The zero-order chi connectivity index (χ0) is 9.26. The normalized spacial score (nSPS) is 14.3. The van der Waals surface area contributed by atoms with Crippen LogP contribution in [0.2, 0.25) is 0 Å². The number of alkyl halides is 1. The lowest BCUT2D eigenvalue weighted by Crippen LogP contribution is -1.93. The molecule has 0 atom stereocenters. The molecule has 0 N–H and O–H groups in total. The molecule has 0 fully saturated rings. The van der Waals surface area contributed by atoms with Gasteiger partial charge in [0.1, 0.15) is 5.75 Å². The Labute approximate surface area is 87.2 Å². The molecule has 0 saturated heterocycles. The van der Waals surface area contributed by atoms with Crippen LogP contribution in [0.4, 0.5) is 0 Å². The number of benzene rings is 1. The van der Waals surface area contributed by atoms with E-state index in [0.717, 1.165) is 11.1 Å². The van der Waals surface area contributed by atoms with E-state index in [1.807, 2.05) is 0 Å². The molecule has 0 unspecified atom stereocenters. The minimum absolute atomic E-state index is 0.878. The van der Waals surface area contributed by atoms with E-state index >= 15 is 0 Å². The maximum atomic E-state index is 5.33. The summed E-state index contributed by atoms with van der Waals surface area (Å²) in [6.07, 6.45) is 3.75. The summed E-state index contributed by atoms with van der Waals surface area (Å²) in [5, 5.41) is 0.878. The molecule has 0 heterocycles. The van der Waals surface area contributed by atoms with Crippen molar-refractivity contribution < 1.29 is 4.74 Å². The summed E-state index contributed by atoms with van der Waals surface area (Å²) >= 11 is 3.48. The molecule has 0 aromatic heterocycles. The fourth-order valence-electron chi connectivity index (χ4n) is 1.95. The molecule has 0 radical (unpaired) electrons. The Kier molecular flexibility index (Phi) is 2.58. The van der Waals surface area contributed by atoms with E-state index in [9.17, 15) is 0 Å². The van der Waals surface area contributed by atoms with Crippen molar-refractivity contribution in [1.82, 2.24) is 0 Å². The molecule has 1 nitrogen and oxygen atoms in total. The smallest absolute Gasteiger partial charge is 0.123 e. The Morgan fingerprint density at radius 3 is 2.62 bits per heavy atom. The number of rotatable bonds is 2. The molecule has 0 bridgehead atoms. The van der Waals surface area contributed by atoms with Crippen molar-refractivity contribution in [3.8, 4) is 5.75 Å². The molecule has 0 spiro atoms. The summed E-state index contributed by atoms with van der Waals surface area (Å²) in [5.74, 6) is 1.03. The van der Waals surface area contributed by atoms with Crippen LogP contribution in [-0.2, 0) is 18.2 Å². The lowest BCUT2D eigenvalue weighted by Gasteiger charge is -2.08. The lowest BCUT2D eigenvalue weighted by atomic mass is 10.1. The van der Waals surface area contributed by atoms with Crippen LogP contribution in [0, 0.1) is 0 Å². The van der Waals surface area contributed by atoms with Gasteiger partial charge in [0.2, 0.25) is 0 Å². The first-order valence-electron chi connectivity index (χ1n) is 4.59. The predicted octanol–water partition coefficient (Wildman–Crippen LogP) is 3.08. The first-order chi connectivity index (χ1) is 6.35. The van der Waals surface area contributed by atoms with Gasteiger partial charge >= 0.3 is 0 Å². The number of hydrogen-bond acceptors (Lipinski definition) is 1. The van der Waals surface area contributed by atoms with E-state index in [-0.39, 0.29) is 0 Å². The molecule has 70 valence electrons. The second-order valence-electron chi connectivity index (χ2n) is 3.42. The largest absolute Gasteiger partial charge is 0.496 e. The SMILES string of the molecule is COc1cc2c(cc1CBr)CCC2. The Morgan fingerprint density at radius 2 is 2.00 bits per heavy atom. The summed E-state index contributed by atoms with van der Waals surface area (Å²) in [7, 11) is 1.74. The van der Waals surface area contributed by atoms with Crippen LogP contribution in [-0.4, -0.2) is 7.11 Å². The van der Waals surface area contributed by atoms with Gasteiger partial charge in [-0.15, -0.1) is 0 Å². The van der Waals surface area contributed by atoms with Gasteiger partial charge in [-0.2, -0.15) is 0 Å². The first-order valence-corrected chi connectivity index (χ1v) is 5.72. The summed E-state index contributed by atoms with van der Waals surface area (Å²) in [6, 6.07) is 4.47. The second-order valence-corrected chi connectivity index (χ2v) is 3.98. The highest BCUT2D eigenvalue weighted by Crippen LogP contribution is 2.30. The second kappa shape index (κ2) is 3.70. The lowest BCUT2D eigenvalue weighted by molar-refractivity contribution is 0.411. The molecule has 2 rings (SSSR count). The van der Waals surface area contributed by atoms with Crippen molar-refractivity contribution in [3.63, 3.8) is 0 Å². The highest BCUT2D eigenvalue weighted by atomic mass is 79.9. The number of aryl methyl sites for hydroxylation is 2. The van der Waals surface area contributed by atoms with E-state index in [2.05, 4.69) is 28.1 Å². The fraction of sp³-hybridized carbons (Fsp3) is 0.455. The molecule has 0 aliphatic heterocycles. The summed E-state index contributed by atoms with van der Waals surface area (Å²) in [5.41, 5.74) is 4.25. The van der Waals surface area contributed by atoms with Gasteiger partial charge in [0.25, 0.3) is 0 Å². The zero-order valence-corrected chi connectivity index (χ0v) is 9.36. The van der Waals surface area contributed by atoms with Gasteiger partial charge in [-0.25, -0.2) is 0 Å². The third-order valence-corrected chi connectivity index (χ3v) is 3.24. The van der Waals surface area contributed by atoms with E-state index in [1.54, 1.807) is 7.11 Å². The molecular formula is C11H13BrO. The van der Waals surface area contributed by atoms with Gasteiger partial charge in [0, 0.05) is 10.9 Å². The van der Waals surface area contributed by atoms with Crippen LogP contribution in [0.5, 0.6) is 5.75 Å². The molecule has 0 saturated carbocycles. The maximum absolute atomic E-state index is 5.33. The molecule has 1 aromatic carbocycles. The number of hydrogen-bond donors (Lipinski definition) is 0. The standard InChI is InChI=1S/C11H13BrO/c1-13-11-6-9-4-2-3-8(9)5-10(11)7-12/h5-6H,2-4,7H2,1H3. The number of methoxy groups -OCH3 is 1. The van der Waals surface area contributed by atoms with Gasteiger partial charge in [-0.1, -0.05) is 22.0 Å². The van der Waals surface area contributed by atoms with Crippen molar-refractivity contribution in [2.24, 2.45) is 0 Å². The molecule has 0 amide bonds. The Hall–Kier alpha value is -0.500. The third kappa shape index (κ3) is 1.60. The van der Waals surface area contributed by atoms with Crippen molar-refractivity contribution in [2.45, 2.75) is 24.6 Å². The average Bonchev–Trinajstić information content (AvgIpc) is 2.62. The van der Waals surface area contributed by atoms with Crippen LogP contribution in [0.15, 0.2) is 12.1 Å². The van der Waals surface area contributed by atoms with Gasteiger partial charge in [0.15, 0.2) is 0 Å². The summed E-state index contributed by atoms with van der Waals surface area (Å²) in [6.45, 7) is 0. The van der Waals surface area contributed by atoms with Gasteiger partial charge in [-0.05, 0) is 36.5 Å². The van der Waals surface area contributed by atoms with Crippen molar-refractivity contribution in [3.05, 3.63) is 28.8 Å². The number of halogens is 1. The average molecular weight is 241 g/mol. The van der Waals surface area contributed by atoms with Crippen LogP contribution < -0.4 is 4.74 Å². The van der Waals surface area contributed by atoms with Crippen molar-refractivity contribution in [2.75, 3.05) is 7.11 Å². The van der Waals surface area contributed by atoms with Crippen LogP contribution in [0.25, 0.3) is 0 Å². The van der Waals surface area contributed by atoms with Crippen molar-refractivity contribution in [1.29, 1.82) is 0 Å². The minimum Gasteiger partial charge on any atom is -0.496 e. The van der Waals surface area contributed by atoms with Crippen LogP contribution in [0.3, 0.4) is 0 Å². The van der Waals surface area contributed by atoms with Gasteiger partial charge in [0.05, 0.1) is 7.11 Å². The maximum Gasteiger partial charge on any atom is 0.123 e. The molecule has 1 aliphatic carbocycles. The van der Waals surface area contributed by atoms with E-state index < -0.39 is 0 Å².